The van der Waals surface area contributed by atoms with Gasteiger partial charge in [0, 0.05) is 23.5 Å². The molecule has 2 fully saturated rings. The summed E-state index contributed by atoms with van der Waals surface area (Å²) in [7, 11) is 0. The van der Waals surface area contributed by atoms with Crippen molar-refractivity contribution in [2.24, 2.45) is 0 Å². The molecule has 3 aliphatic heterocycles. The van der Waals surface area contributed by atoms with Gasteiger partial charge in [0.25, 0.3) is 5.91 Å². The molecule has 0 saturated carbocycles. The molecule has 4 rings (SSSR count). The second-order valence-corrected chi connectivity index (χ2v) is 8.89. The fourth-order valence-corrected chi connectivity index (χ4v) is 5.51. The van der Waals surface area contributed by atoms with E-state index in [1.807, 2.05) is 38.1 Å². The molecule has 0 spiro atoms. The van der Waals surface area contributed by atoms with Gasteiger partial charge in [0.2, 0.25) is 5.91 Å². The summed E-state index contributed by atoms with van der Waals surface area (Å²) in [4.78, 5) is 27.5. The van der Waals surface area contributed by atoms with Gasteiger partial charge < -0.3 is 15.0 Å². The first-order chi connectivity index (χ1) is 11.5. The lowest BCUT2D eigenvalue weighted by molar-refractivity contribution is -0.126. The lowest BCUT2D eigenvalue weighted by atomic mass is 10.0. The average Bonchev–Trinajstić information content (AvgIpc) is 3.22. The van der Waals surface area contributed by atoms with Gasteiger partial charge in [-0.3, -0.25) is 9.59 Å². The average molecular weight is 346 g/mol. The van der Waals surface area contributed by atoms with Crippen LogP contribution in [-0.4, -0.2) is 46.8 Å². The van der Waals surface area contributed by atoms with Crippen LogP contribution < -0.4 is 5.32 Å². The number of fused-ring (bicyclic) bond motifs is 3. The molecule has 0 aromatic heterocycles. The van der Waals surface area contributed by atoms with E-state index < -0.39 is 6.04 Å². The molecule has 3 aliphatic rings. The summed E-state index contributed by atoms with van der Waals surface area (Å²) in [6.07, 6.45) is 2.14. The molecule has 3 atom stereocenters. The largest absolute Gasteiger partial charge is 0.376 e. The van der Waals surface area contributed by atoms with Gasteiger partial charge in [-0.25, -0.2) is 0 Å². The first-order valence-electron chi connectivity index (χ1n) is 8.48. The number of nitrogens with one attached hydrogen (secondary N) is 1. The van der Waals surface area contributed by atoms with E-state index in [0.29, 0.717) is 6.54 Å². The third-order valence-corrected chi connectivity index (χ3v) is 6.61. The Labute approximate surface area is 146 Å². The first-order valence-corrected chi connectivity index (χ1v) is 9.36. The Balaban J connectivity index is 1.56. The van der Waals surface area contributed by atoms with Crippen molar-refractivity contribution < 1.29 is 14.3 Å². The summed E-state index contributed by atoms with van der Waals surface area (Å²) >= 11 is 1.69. The lowest BCUT2D eigenvalue weighted by Crippen LogP contribution is -2.53. The van der Waals surface area contributed by atoms with E-state index in [1.54, 1.807) is 16.7 Å². The Morgan fingerprint density at radius 1 is 1.42 bits per heavy atom. The Kier molecular flexibility index (Phi) is 3.84. The highest BCUT2D eigenvalue weighted by molar-refractivity contribution is 8.01. The first kappa shape index (κ1) is 16.0. The van der Waals surface area contributed by atoms with Crippen molar-refractivity contribution in [3.63, 3.8) is 0 Å². The molecule has 3 heterocycles. The minimum Gasteiger partial charge on any atom is -0.376 e. The van der Waals surface area contributed by atoms with Crippen molar-refractivity contribution in [3.8, 4) is 0 Å². The summed E-state index contributed by atoms with van der Waals surface area (Å²) in [6, 6.07) is 7.21. The van der Waals surface area contributed by atoms with Crippen LogP contribution in [0.1, 0.15) is 48.0 Å². The van der Waals surface area contributed by atoms with Gasteiger partial charge in [0.05, 0.1) is 6.10 Å². The maximum atomic E-state index is 12.9. The number of hydrogen-bond acceptors (Lipinski definition) is 4. The number of thioether (sulfide) groups is 1. The Hall–Kier alpha value is -1.53. The van der Waals surface area contributed by atoms with Crippen molar-refractivity contribution in [1.82, 2.24) is 10.2 Å². The number of rotatable bonds is 3. The van der Waals surface area contributed by atoms with Crippen molar-refractivity contribution >= 4 is 23.6 Å². The number of benzene rings is 1. The standard InChI is InChI=1S/C18H22N2O3S/c1-18(2)14(15(21)19-10-11-6-5-9-23-11)20-16(22)12-7-3-4-8-13(12)17(20)24-18/h3-4,7-8,11,14,17H,5-6,9-10H2,1-2H3,(H,19,21). The fraction of sp³-hybridized carbons (Fsp3) is 0.556. The molecule has 2 amide bonds. The van der Waals surface area contributed by atoms with Crippen molar-refractivity contribution in [2.45, 2.75) is 49.0 Å². The number of ether oxygens (including phenoxy) is 1. The highest BCUT2D eigenvalue weighted by Crippen LogP contribution is 2.56. The molecule has 0 radical (unpaired) electrons. The molecule has 24 heavy (non-hydrogen) atoms. The smallest absolute Gasteiger partial charge is 0.256 e. The minimum absolute atomic E-state index is 0.0362. The second kappa shape index (κ2) is 5.77. The summed E-state index contributed by atoms with van der Waals surface area (Å²) in [5, 5.41) is 2.94. The molecule has 0 aliphatic carbocycles. The quantitative estimate of drug-likeness (QED) is 0.913. The summed E-state index contributed by atoms with van der Waals surface area (Å²) in [6.45, 7) is 5.38. The maximum Gasteiger partial charge on any atom is 0.256 e. The predicted octanol–water partition coefficient (Wildman–Crippen LogP) is 2.33. The predicted molar refractivity (Wildman–Crippen MR) is 92.8 cm³/mol. The van der Waals surface area contributed by atoms with Crippen LogP contribution in [-0.2, 0) is 9.53 Å². The number of carbonyl (C=O) groups excluding carboxylic acids is 2. The van der Waals surface area contributed by atoms with Crippen LogP contribution in [0.25, 0.3) is 0 Å². The van der Waals surface area contributed by atoms with Gasteiger partial charge >= 0.3 is 0 Å². The third kappa shape index (κ3) is 2.43. The normalized spacial score (nSPS) is 30.3. The van der Waals surface area contributed by atoms with Crippen LogP contribution in [0.3, 0.4) is 0 Å². The van der Waals surface area contributed by atoms with Crippen LogP contribution in [0.5, 0.6) is 0 Å². The molecule has 6 heteroatoms. The van der Waals surface area contributed by atoms with E-state index in [2.05, 4.69) is 5.32 Å². The van der Waals surface area contributed by atoms with Crippen molar-refractivity contribution in [3.05, 3.63) is 35.4 Å². The number of carbonyl (C=O) groups is 2. The van der Waals surface area contributed by atoms with Crippen LogP contribution in [0.4, 0.5) is 0 Å². The fourth-order valence-electron chi connectivity index (χ4n) is 3.92. The van der Waals surface area contributed by atoms with Gasteiger partial charge in [-0.1, -0.05) is 18.2 Å². The molecule has 5 nitrogen and oxygen atoms in total. The highest BCUT2D eigenvalue weighted by atomic mass is 32.2. The number of hydrogen-bond donors (Lipinski definition) is 1. The third-order valence-electron chi connectivity index (χ3n) is 5.07. The zero-order chi connectivity index (χ0) is 16.9. The number of amides is 2. The van der Waals surface area contributed by atoms with Gasteiger partial charge in [-0.05, 0) is 38.3 Å². The van der Waals surface area contributed by atoms with E-state index in [4.69, 9.17) is 4.74 Å². The molecular weight excluding hydrogens is 324 g/mol. The molecular formula is C18H22N2O3S. The van der Waals surface area contributed by atoms with Crippen LogP contribution >= 0.6 is 11.8 Å². The second-order valence-electron chi connectivity index (χ2n) is 7.16. The highest BCUT2D eigenvalue weighted by Gasteiger charge is 2.57. The van der Waals surface area contributed by atoms with E-state index >= 15 is 0 Å². The topological polar surface area (TPSA) is 58.6 Å². The van der Waals surface area contributed by atoms with E-state index in [-0.39, 0.29) is 28.0 Å². The molecule has 3 unspecified atom stereocenters. The number of nitrogens with zero attached hydrogens (tertiary/aromatic N) is 1. The zero-order valence-corrected chi connectivity index (χ0v) is 14.8. The van der Waals surface area contributed by atoms with Gasteiger partial charge in [0.1, 0.15) is 11.4 Å². The molecule has 2 saturated heterocycles. The summed E-state index contributed by atoms with van der Waals surface area (Å²) in [5.74, 6) is -0.113. The maximum absolute atomic E-state index is 12.9. The lowest BCUT2D eigenvalue weighted by Gasteiger charge is -2.29. The molecule has 1 N–H and O–H groups in total. The van der Waals surface area contributed by atoms with E-state index in [0.717, 1.165) is 30.6 Å². The van der Waals surface area contributed by atoms with Gasteiger partial charge in [-0.15, -0.1) is 11.8 Å². The van der Waals surface area contributed by atoms with Gasteiger partial charge in [0.15, 0.2) is 0 Å². The monoisotopic (exact) mass is 346 g/mol. The molecule has 1 aromatic carbocycles. The zero-order valence-electron chi connectivity index (χ0n) is 14.0. The van der Waals surface area contributed by atoms with E-state index in [9.17, 15) is 9.59 Å². The van der Waals surface area contributed by atoms with Crippen molar-refractivity contribution in [2.75, 3.05) is 13.2 Å². The van der Waals surface area contributed by atoms with Crippen molar-refractivity contribution in [1.29, 1.82) is 0 Å². The Bertz CT molecular complexity index is 685. The molecule has 0 bridgehead atoms. The Morgan fingerprint density at radius 3 is 2.96 bits per heavy atom. The van der Waals surface area contributed by atoms with Gasteiger partial charge in [-0.2, -0.15) is 0 Å². The summed E-state index contributed by atoms with van der Waals surface area (Å²) in [5.41, 5.74) is 1.75. The van der Waals surface area contributed by atoms with Crippen LogP contribution in [0.2, 0.25) is 0 Å². The molecule has 1 aromatic rings. The summed E-state index contributed by atoms with van der Waals surface area (Å²) < 4.78 is 5.25. The Morgan fingerprint density at radius 2 is 2.21 bits per heavy atom. The van der Waals surface area contributed by atoms with Crippen LogP contribution in [0.15, 0.2) is 24.3 Å². The van der Waals surface area contributed by atoms with E-state index in [1.165, 1.54) is 0 Å². The SMILES string of the molecule is CC1(C)SC2c3ccccc3C(=O)N2C1C(=O)NCC1CCCO1. The molecule has 128 valence electrons. The minimum atomic E-state index is -0.464. The van der Waals surface area contributed by atoms with Crippen LogP contribution in [0, 0.1) is 0 Å².